The second-order valence-corrected chi connectivity index (χ2v) is 6.34. The number of aromatic hydroxyl groups is 1. The first-order chi connectivity index (χ1) is 13.3. The lowest BCUT2D eigenvalue weighted by Gasteiger charge is -2.12. The van der Waals surface area contributed by atoms with Crippen LogP contribution in [0.25, 0.3) is 10.8 Å². The Morgan fingerprint density at radius 1 is 1.04 bits per heavy atom. The van der Waals surface area contributed by atoms with E-state index < -0.39 is 24.3 Å². The molecule has 0 spiro atoms. The van der Waals surface area contributed by atoms with E-state index in [4.69, 9.17) is 0 Å². The Kier molecular flexibility index (Phi) is 5.53. The number of hydrogen-bond acceptors (Lipinski definition) is 2. The number of phenolic OH excluding ortho intramolecular Hbond substituents is 1. The zero-order valence-electron chi connectivity index (χ0n) is 14.7. The van der Waals surface area contributed by atoms with E-state index in [1.165, 1.54) is 30.3 Å². The number of phenols is 1. The van der Waals surface area contributed by atoms with Crippen LogP contribution in [0.3, 0.4) is 0 Å². The summed E-state index contributed by atoms with van der Waals surface area (Å²) in [4.78, 5) is 12.6. The van der Waals surface area contributed by atoms with Gasteiger partial charge in [-0.2, -0.15) is 13.2 Å². The first kappa shape index (κ1) is 19.7. The highest BCUT2D eigenvalue weighted by atomic mass is 19.4. The van der Waals surface area contributed by atoms with Gasteiger partial charge in [0.1, 0.15) is 5.75 Å². The molecule has 0 radical (unpaired) electrons. The minimum atomic E-state index is -4.46. The smallest absolute Gasteiger partial charge is 0.416 e. The van der Waals surface area contributed by atoms with E-state index in [0.717, 1.165) is 12.1 Å². The summed E-state index contributed by atoms with van der Waals surface area (Å²) in [5.74, 6) is -0.840. The van der Waals surface area contributed by atoms with E-state index in [-0.39, 0.29) is 11.3 Å². The molecule has 3 nitrogen and oxygen atoms in total. The summed E-state index contributed by atoms with van der Waals surface area (Å²) < 4.78 is 51.0. The van der Waals surface area contributed by atoms with Gasteiger partial charge in [-0.1, -0.05) is 24.3 Å². The van der Waals surface area contributed by atoms with E-state index in [1.807, 2.05) is 0 Å². The molecule has 0 heterocycles. The zero-order valence-corrected chi connectivity index (χ0v) is 14.7. The number of alkyl halides is 4. The van der Waals surface area contributed by atoms with Crippen molar-refractivity contribution in [3.8, 4) is 5.75 Å². The van der Waals surface area contributed by atoms with Gasteiger partial charge in [0.05, 0.1) is 17.8 Å². The van der Waals surface area contributed by atoms with Gasteiger partial charge in [0.25, 0.3) is 5.91 Å². The van der Waals surface area contributed by atoms with Crippen LogP contribution in [0, 0.1) is 0 Å². The third kappa shape index (κ3) is 4.24. The van der Waals surface area contributed by atoms with Crippen molar-refractivity contribution in [1.82, 2.24) is 0 Å². The molecule has 0 saturated carbocycles. The largest absolute Gasteiger partial charge is 0.507 e. The molecule has 3 aromatic rings. The summed E-state index contributed by atoms with van der Waals surface area (Å²) in [6.45, 7) is -0.488. The second kappa shape index (κ2) is 7.88. The summed E-state index contributed by atoms with van der Waals surface area (Å²) in [5, 5.41) is 13.4. The van der Waals surface area contributed by atoms with Crippen LogP contribution in [0.4, 0.5) is 23.2 Å². The van der Waals surface area contributed by atoms with Gasteiger partial charge in [-0.05, 0) is 54.1 Å². The predicted molar refractivity (Wildman–Crippen MR) is 99.3 cm³/mol. The monoisotopic (exact) mass is 391 g/mol. The average Bonchev–Trinajstić information content (AvgIpc) is 2.66. The van der Waals surface area contributed by atoms with Gasteiger partial charge in [0, 0.05) is 11.1 Å². The van der Waals surface area contributed by atoms with Crippen LogP contribution in [0.15, 0.2) is 54.6 Å². The summed E-state index contributed by atoms with van der Waals surface area (Å²) in [6, 6.07) is 12.3. The van der Waals surface area contributed by atoms with E-state index >= 15 is 0 Å². The summed E-state index contributed by atoms with van der Waals surface area (Å²) in [7, 11) is 0. The molecule has 0 fully saturated rings. The standard InChI is InChI=1S/C21H17F4NO2/c22-10-2-3-13-6-9-19(27)17(11-13)20(28)26-18-5-1-4-14-12-15(21(23,24)25)7-8-16(14)18/h1,4-9,11-12,27H,2-3,10H2,(H,26,28). The van der Waals surface area contributed by atoms with Crippen molar-refractivity contribution < 1.29 is 27.5 Å². The number of nitrogens with one attached hydrogen (secondary N) is 1. The lowest BCUT2D eigenvalue weighted by Crippen LogP contribution is -2.13. The molecular weight excluding hydrogens is 374 g/mol. The topological polar surface area (TPSA) is 49.3 Å². The van der Waals surface area contributed by atoms with Crippen molar-refractivity contribution in [3.63, 3.8) is 0 Å². The van der Waals surface area contributed by atoms with Crippen molar-refractivity contribution in [1.29, 1.82) is 0 Å². The minimum absolute atomic E-state index is 0.0141. The quantitative estimate of drug-likeness (QED) is 0.547. The molecule has 1 amide bonds. The first-order valence-corrected chi connectivity index (χ1v) is 8.59. The Balaban J connectivity index is 1.91. The summed E-state index contributed by atoms with van der Waals surface area (Å²) in [5.41, 5.74) is 0.264. The van der Waals surface area contributed by atoms with Crippen molar-refractivity contribution in [2.45, 2.75) is 19.0 Å². The third-order valence-corrected chi connectivity index (χ3v) is 4.36. The molecule has 146 valence electrons. The molecular formula is C21H17F4NO2. The molecule has 0 aliphatic rings. The van der Waals surface area contributed by atoms with E-state index in [0.29, 0.717) is 34.9 Å². The molecule has 0 atom stereocenters. The number of benzene rings is 3. The molecule has 2 N–H and O–H groups in total. The van der Waals surface area contributed by atoms with E-state index in [1.54, 1.807) is 12.1 Å². The Morgan fingerprint density at radius 2 is 1.82 bits per heavy atom. The Labute approximate surface area is 158 Å². The number of rotatable bonds is 5. The van der Waals surface area contributed by atoms with Gasteiger partial charge in [-0.3, -0.25) is 9.18 Å². The molecule has 3 aromatic carbocycles. The maximum atomic E-state index is 12.9. The average molecular weight is 391 g/mol. The van der Waals surface area contributed by atoms with Crippen molar-refractivity contribution >= 4 is 22.4 Å². The fraction of sp³-hybridized carbons (Fsp3) is 0.190. The van der Waals surface area contributed by atoms with Crippen molar-refractivity contribution in [3.05, 3.63) is 71.3 Å². The number of hydrogen-bond donors (Lipinski definition) is 2. The Hall–Kier alpha value is -3.09. The van der Waals surface area contributed by atoms with Crippen LogP contribution < -0.4 is 5.32 Å². The van der Waals surface area contributed by atoms with Crippen LogP contribution in [-0.2, 0) is 12.6 Å². The molecule has 7 heteroatoms. The van der Waals surface area contributed by atoms with Gasteiger partial charge in [-0.15, -0.1) is 0 Å². The van der Waals surface area contributed by atoms with Gasteiger partial charge in [-0.25, -0.2) is 0 Å². The SMILES string of the molecule is O=C(Nc1cccc2cc(C(F)(F)F)ccc12)c1cc(CCCF)ccc1O. The fourth-order valence-electron chi connectivity index (χ4n) is 2.95. The van der Waals surface area contributed by atoms with Gasteiger partial charge in [0.2, 0.25) is 0 Å². The number of carbonyl (C=O) groups excluding carboxylic acids is 1. The van der Waals surface area contributed by atoms with Crippen molar-refractivity contribution in [2.24, 2.45) is 0 Å². The second-order valence-electron chi connectivity index (χ2n) is 6.34. The number of fused-ring (bicyclic) bond motifs is 1. The van der Waals surface area contributed by atoms with Crippen LogP contribution in [0.5, 0.6) is 5.75 Å². The molecule has 0 saturated heterocycles. The first-order valence-electron chi connectivity index (χ1n) is 8.59. The highest BCUT2D eigenvalue weighted by Crippen LogP contribution is 2.33. The number of amides is 1. The van der Waals surface area contributed by atoms with E-state index in [9.17, 15) is 27.5 Å². The number of halogens is 4. The molecule has 28 heavy (non-hydrogen) atoms. The lowest BCUT2D eigenvalue weighted by atomic mass is 10.0. The molecule has 0 aromatic heterocycles. The fourth-order valence-corrected chi connectivity index (χ4v) is 2.95. The Bertz CT molecular complexity index is 1010. The van der Waals surface area contributed by atoms with Gasteiger partial charge >= 0.3 is 6.18 Å². The van der Waals surface area contributed by atoms with Crippen LogP contribution >= 0.6 is 0 Å². The van der Waals surface area contributed by atoms with Gasteiger partial charge in [0.15, 0.2) is 0 Å². The summed E-state index contributed by atoms with van der Waals surface area (Å²) >= 11 is 0. The maximum Gasteiger partial charge on any atom is 0.416 e. The molecule has 3 rings (SSSR count). The number of carbonyl (C=O) groups is 1. The van der Waals surface area contributed by atoms with Crippen LogP contribution in [0.2, 0.25) is 0 Å². The molecule has 0 aliphatic heterocycles. The molecule has 0 bridgehead atoms. The lowest BCUT2D eigenvalue weighted by molar-refractivity contribution is -0.137. The minimum Gasteiger partial charge on any atom is -0.507 e. The molecule has 0 unspecified atom stereocenters. The number of anilines is 1. The zero-order chi connectivity index (χ0) is 20.3. The van der Waals surface area contributed by atoms with Gasteiger partial charge < -0.3 is 10.4 Å². The highest BCUT2D eigenvalue weighted by molar-refractivity contribution is 6.10. The maximum absolute atomic E-state index is 12.9. The van der Waals surface area contributed by atoms with E-state index in [2.05, 4.69) is 5.32 Å². The third-order valence-electron chi connectivity index (χ3n) is 4.36. The van der Waals surface area contributed by atoms with Crippen molar-refractivity contribution in [2.75, 3.05) is 12.0 Å². The highest BCUT2D eigenvalue weighted by Gasteiger charge is 2.30. The summed E-state index contributed by atoms with van der Waals surface area (Å²) in [6.07, 6.45) is -3.73. The predicted octanol–water partition coefficient (Wildman–Crippen LogP) is 5.72. The van der Waals surface area contributed by atoms with Crippen LogP contribution in [-0.4, -0.2) is 17.7 Å². The number of aryl methyl sites for hydroxylation is 1. The Morgan fingerprint density at radius 3 is 2.54 bits per heavy atom. The normalized spacial score (nSPS) is 11.6. The van der Waals surface area contributed by atoms with Crippen LogP contribution in [0.1, 0.15) is 27.9 Å². The molecule has 0 aliphatic carbocycles.